The lowest BCUT2D eigenvalue weighted by atomic mass is 10.1. The van der Waals surface area contributed by atoms with Crippen molar-refractivity contribution in [1.82, 2.24) is 33.6 Å². The molecule has 13 aromatic rings. The maximum Gasteiger partial charge on any atom is 0.166 e. The van der Waals surface area contributed by atoms with E-state index in [0.717, 1.165) is 89.0 Å². The first kappa shape index (κ1) is 36.7. The maximum absolute atomic E-state index is 5.35. The molecule has 65 heavy (non-hydrogen) atoms. The number of aromatic nitrogens is 7. The molecular weight excluding hydrogens is 795 g/mol. The summed E-state index contributed by atoms with van der Waals surface area (Å²) in [5.41, 5.74) is 13.1. The predicted octanol–water partition coefficient (Wildman–Crippen LogP) is 14.1. The third-order valence-corrected chi connectivity index (χ3v) is 12.5. The minimum Gasteiger partial charge on any atom is -0.309 e. The molecular formula is C58H37N7. The molecule has 13 rings (SSSR count). The molecule has 0 radical (unpaired) electrons. The molecule has 304 valence electrons. The summed E-state index contributed by atoms with van der Waals surface area (Å²) in [4.78, 5) is 21.1. The highest BCUT2D eigenvalue weighted by Gasteiger charge is 2.24. The number of hydrogen-bond acceptors (Lipinski definition) is 4. The van der Waals surface area contributed by atoms with Crippen molar-refractivity contribution >= 4 is 54.6 Å². The second-order valence-corrected chi connectivity index (χ2v) is 16.3. The van der Waals surface area contributed by atoms with E-state index in [4.69, 9.17) is 19.9 Å². The summed E-state index contributed by atoms with van der Waals surface area (Å²) in [6.45, 7) is 0. The van der Waals surface area contributed by atoms with Crippen LogP contribution in [0.4, 0.5) is 0 Å². The molecule has 0 bridgehead atoms. The van der Waals surface area contributed by atoms with Gasteiger partial charge < -0.3 is 9.13 Å². The third-order valence-electron chi connectivity index (χ3n) is 12.5. The van der Waals surface area contributed by atoms with Gasteiger partial charge in [0.25, 0.3) is 0 Å². The fraction of sp³-hybridized carbons (Fsp3) is 0. The zero-order valence-electron chi connectivity index (χ0n) is 35.0. The van der Waals surface area contributed by atoms with Crippen LogP contribution in [-0.4, -0.2) is 33.6 Å². The van der Waals surface area contributed by atoms with Crippen LogP contribution in [0.25, 0.3) is 117 Å². The van der Waals surface area contributed by atoms with E-state index >= 15 is 0 Å². The fourth-order valence-corrected chi connectivity index (χ4v) is 9.66. The summed E-state index contributed by atoms with van der Waals surface area (Å²) < 4.78 is 7.05. The Bertz CT molecular complexity index is 3830. The molecule has 0 unspecified atom stereocenters. The van der Waals surface area contributed by atoms with Crippen molar-refractivity contribution in [1.29, 1.82) is 0 Å². The van der Waals surface area contributed by atoms with E-state index in [-0.39, 0.29) is 0 Å². The second-order valence-electron chi connectivity index (χ2n) is 16.3. The van der Waals surface area contributed by atoms with E-state index in [1.54, 1.807) is 0 Å². The van der Waals surface area contributed by atoms with Crippen molar-refractivity contribution in [2.24, 2.45) is 0 Å². The molecule has 0 saturated heterocycles. The summed E-state index contributed by atoms with van der Waals surface area (Å²) in [6.07, 6.45) is 0. The summed E-state index contributed by atoms with van der Waals surface area (Å²) in [7, 11) is 0. The van der Waals surface area contributed by atoms with Crippen molar-refractivity contribution in [3.8, 4) is 62.6 Å². The van der Waals surface area contributed by atoms with Crippen molar-refractivity contribution in [3.05, 3.63) is 224 Å². The largest absolute Gasteiger partial charge is 0.309 e. The molecule has 7 heteroatoms. The maximum atomic E-state index is 5.35. The lowest BCUT2D eigenvalue weighted by molar-refractivity contribution is 1.06. The number of imidazole rings is 1. The van der Waals surface area contributed by atoms with E-state index in [1.165, 1.54) is 10.8 Å². The van der Waals surface area contributed by atoms with E-state index in [0.29, 0.717) is 17.5 Å². The smallest absolute Gasteiger partial charge is 0.166 e. The van der Waals surface area contributed by atoms with Gasteiger partial charge in [-0.2, -0.15) is 0 Å². The van der Waals surface area contributed by atoms with Gasteiger partial charge in [-0.25, -0.2) is 19.9 Å². The number of benzene rings is 9. The standard InChI is InChI=1S/C58H37N7/c1-4-19-38(20-5-1)55-60-56(39-21-6-2-7-22-39)62-57(61-55)45-37-40(58-59-46-28-13-17-32-51(46)63(58)41-23-8-3-9-24-41)35-36-50(45)65-49-31-16-12-27-44(49)54-52(33-18-34-53(54)65)64-47-29-14-10-25-42(47)43-26-11-15-30-48(43)64/h1-37H. The first-order chi connectivity index (χ1) is 32.3. The SMILES string of the molecule is c1ccc(-c2nc(-c3ccccc3)nc(-c3cc(-c4nc5ccccc5n4-c4ccccc4)ccc3-n3c4ccccc4c4c(-n5c6ccccc6c6ccccc65)cccc43)n2)cc1. The zero-order chi connectivity index (χ0) is 42.8. The molecule has 0 spiro atoms. The summed E-state index contributed by atoms with van der Waals surface area (Å²) >= 11 is 0. The van der Waals surface area contributed by atoms with Crippen molar-refractivity contribution in [3.63, 3.8) is 0 Å². The Morgan fingerprint density at radius 3 is 1.43 bits per heavy atom. The van der Waals surface area contributed by atoms with Crippen LogP contribution >= 0.6 is 0 Å². The summed E-state index contributed by atoms with van der Waals surface area (Å²) in [5.74, 6) is 2.57. The van der Waals surface area contributed by atoms with Gasteiger partial charge in [-0.3, -0.25) is 4.57 Å². The van der Waals surface area contributed by atoms with Gasteiger partial charge >= 0.3 is 0 Å². The van der Waals surface area contributed by atoms with Gasteiger partial charge in [0.2, 0.25) is 0 Å². The van der Waals surface area contributed by atoms with Gasteiger partial charge in [-0.1, -0.05) is 152 Å². The Morgan fingerprint density at radius 2 is 0.785 bits per heavy atom. The number of fused-ring (bicyclic) bond motifs is 7. The summed E-state index contributed by atoms with van der Waals surface area (Å²) in [5, 5.41) is 4.75. The molecule has 4 aromatic heterocycles. The van der Waals surface area contributed by atoms with E-state index < -0.39 is 0 Å². The van der Waals surface area contributed by atoms with Gasteiger partial charge in [-0.15, -0.1) is 0 Å². The Balaban J connectivity index is 1.13. The van der Waals surface area contributed by atoms with Crippen LogP contribution in [0.2, 0.25) is 0 Å². The van der Waals surface area contributed by atoms with Gasteiger partial charge in [0.15, 0.2) is 17.5 Å². The topological polar surface area (TPSA) is 66.3 Å². The van der Waals surface area contributed by atoms with Crippen molar-refractivity contribution in [2.45, 2.75) is 0 Å². The van der Waals surface area contributed by atoms with E-state index in [1.807, 2.05) is 48.5 Å². The minimum absolute atomic E-state index is 0.557. The first-order valence-electron chi connectivity index (χ1n) is 21.8. The van der Waals surface area contributed by atoms with Gasteiger partial charge in [0, 0.05) is 49.5 Å². The van der Waals surface area contributed by atoms with Crippen LogP contribution in [-0.2, 0) is 0 Å². The highest BCUT2D eigenvalue weighted by molar-refractivity contribution is 6.16. The second kappa shape index (κ2) is 14.9. The Hall–Kier alpha value is -8.94. The average Bonchev–Trinajstić information content (AvgIpc) is 4.05. The van der Waals surface area contributed by atoms with Crippen LogP contribution in [0.5, 0.6) is 0 Å². The molecule has 0 aliphatic carbocycles. The molecule has 0 aliphatic rings. The van der Waals surface area contributed by atoms with Crippen molar-refractivity contribution in [2.75, 3.05) is 0 Å². The molecule has 7 nitrogen and oxygen atoms in total. The Morgan fingerprint density at radius 1 is 0.292 bits per heavy atom. The van der Waals surface area contributed by atoms with Crippen LogP contribution in [0, 0.1) is 0 Å². The number of nitrogens with zero attached hydrogens (tertiary/aromatic N) is 7. The lowest BCUT2D eigenvalue weighted by Crippen LogP contribution is -2.05. The molecule has 0 N–H and O–H groups in total. The number of rotatable bonds is 7. The first-order valence-corrected chi connectivity index (χ1v) is 21.8. The summed E-state index contributed by atoms with van der Waals surface area (Å²) in [6, 6.07) is 78.5. The molecule has 9 aromatic carbocycles. The van der Waals surface area contributed by atoms with Gasteiger partial charge in [-0.05, 0) is 72.8 Å². The van der Waals surface area contributed by atoms with Crippen LogP contribution < -0.4 is 0 Å². The monoisotopic (exact) mass is 831 g/mol. The van der Waals surface area contributed by atoms with Crippen molar-refractivity contribution < 1.29 is 0 Å². The quantitative estimate of drug-likeness (QED) is 0.160. The van der Waals surface area contributed by atoms with Crippen LogP contribution in [0.3, 0.4) is 0 Å². The molecule has 0 aliphatic heterocycles. The van der Waals surface area contributed by atoms with E-state index in [9.17, 15) is 0 Å². The van der Waals surface area contributed by atoms with Gasteiger partial charge in [0.1, 0.15) is 5.82 Å². The third kappa shape index (κ3) is 5.90. The minimum atomic E-state index is 0.557. The molecule has 4 heterocycles. The molecule has 0 amide bonds. The fourth-order valence-electron chi connectivity index (χ4n) is 9.66. The normalized spacial score (nSPS) is 11.7. The zero-order valence-corrected chi connectivity index (χ0v) is 35.0. The highest BCUT2D eigenvalue weighted by Crippen LogP contribution is 2.42. The highest BCUT2D eigenvalue weighted by atomic mass is 15.1. The van der Waals surface area contributed by atoms with E-state index in [2.05, 4.69) is 190 Å². The predicted molar refractivity (Wildman–Crippen MR) is 265 cm³/mol. The Labute approximate surface area is 373 Å². The Kier molecular flexibility index (Phi) is 8.39. The molecule has 0 fully saturated rings. The van der Waals surface area contributed by atoms with Gasteiger partial charge in [0.05, 0.1) is 44.5 Å². The number of hydrogen-bond donors (Lipinski definition) is 0. The lowest BCUT2D eigenvalue weighted by Gasteiger charge is -2.17. The molecule has 0 saturated carbocycles. The number of para-hydroxylation sites is 6. The van der Waals surface area contributed by atoms with Crippen LogP contribution in [0.1, 0.15) is 0 Å². The molecule has 0 atom stereocenters. The average molecular weight is 832 g/mol. The van der Waals surface area contributed by atoms with Crippen LogP contribution in [0.15, 0.2) is 224 Å².